The lowest BCUT2D eigenvalue weighted by Crippen LogP contribution is -2.26. The number of imidazole rings is 1. The number of pyridine rings is 1. The van der Waals surface area contributed by atoms with Crippen LogP contribution in [0.15, 0.2) is 36.8 Å². The molecule has 24 heavy (non-hydrogen) atoms. The van der Waals surface area contributed by atoms with E-state index in [1.54, 1.807) is 23.1 Å². The number of nitrogens with two attached hydrogens (primary N) is 2. The predicted octanol–water partition coefficient (Wildman–Crippen LogP) is 2.44. The Labute approximate surface area is 140 Å². The number of nitrogens with zero attached hydrogens (tertiary/aromatic N) is 4. The molecule has 3 heterocycles. The second-order valence-electron chi connectivity index (χ2n) is 6.32. The molecule has 1 aliphatic rings. The van der Waals surface area contributed by atoms with Gasteiger partial charge in [0.15, 0.2) is 5.65 Å². The Morgan fingerprint density at radius 1 is 1.08 bits per heavy atom. The van der Waals surface area contributed by atoms with Gasteiger partial charge in [-0.05, 0) is 43.7 Å². The molecule has 0 amide bonds. The molecule has 3 aromatic rings. The van der Waals surface area contributed by atoms with Gasteiger partial charge in [-0.25, -0.2) is 14.5 Å². The zero-order valence-corrected chi connectivity index (χ0v) is 13.4. The number of aromatic nitrogens is 4. The summed E-state index contributed by atoms with van der Waals surface area (Å²) in [6.45, 7) is 0. The van der Waals surface area contributed by atoms with E-state index in [4.69, 9.17) is 11.5 Å². The Bertz CT molecular complexity index is 835. The van der Waals surface area contributed by atoms with Gasteiger partial charge in [0.25, 0.3) is 0 Å². The molecule has 0 bridgehead atoms. The maximum Gasteiger partial charge on any atom is 0.177 e. The van der Waals surface area contributed by atoms with Gasteiger partial charge < -0.3 is 16.8 Å². The molecule has 0 aromatic carbocycles. The molecule has 1 aliphatic carbocycles. The van der Waals surface area contributed by atoms with Crippen molar-refractivity contribution in [3.05, 3.63) is 42.4 Å². The lowest BCUT2D eigenvalue weighted by Gasteiger charge is -2.28. The van der Waals surface area contributed by atoms with Crippen molar-refractivity contribution in [3.8, 4) is 0 Å². The van der Waals surface area contributed by atoms with Gasteiger partial charge in [0.05, 0.1) is 5.69 Å². The highest BCUT2D eigenvalue weighted by atomic mass is 15.3. The van der Waals surface area contributed by atoms with Crippen LogP contribution in [0.1, 0.15) is 37.2 Å². The highest BCUT2D eigenvalue weighted by molar-refractivity contribution is 5.79. The fourth-order valence-corrected chi connectivity index (χ4v) is 3.48. The molecule has 3 aromatic heterocycles. The van der Waals surface area contributed by atoms with Gasteiger partial charge >= 0.3 is 0 Å². The number of nitrogen functional groups attached to an aromatic ring is 1. The Morgan fingerprint density at radius 2 is 1.92 bits per heavy atom. The highest BCUT2D eigenvalue weighted by Crippen LogP contribution is 2.40. The Balaban J connectivity index is 1.82. The van der Waals surface area contributed by atoms with E-state index in [0.29, 0.717) is 11.7 Å². The van der Waals surface area contributed by atoms with Gasteiger partial charge in [-0.3, -0.25) is 0 Å². The number of hydrogen-bond acceptors (Lipinski definition) is 6. The molecule has 0 unspecified atom stereocenters. The lowest BCUT2D eigenvalue weighted by atomic mass is 9.81. The molecule has 7 nitrogen and oxygen atoms in total. The number of anilines is 3. The summed E-state index contributed by atoms with van der Waals surface area (Å²) in [4.78, 5) is 8.82. The Kier molecular flexibility index (Phi) is 3.78. The van der Waals surface area contributed by atoms with Gasteiger partial charge in [-0.2, -0.15) is 0 Å². The molecule has 7 heteroatoms. The fraction of sp³-hybridized carbons (Fsp3) is 0.353. The van der Waals surface area contributed by atoms with Crippen molar-refractivity contribution < 1.29 is 0 Å². The van der Waals surface area contributed by atoms with E-state index in [1.807, 2.05) is 18.2 Å². The minimum atomic E-state index is 0.290. The zero-order valence-electron chi connectivity index (χ0n) is 13.4. The van der Waals surface area contributed by atoms with Crippen LogP contribution in [0.25, 0.3) is 5.65 Å². The summed E-state index contributed by atoms with van der Waals surface area (Å²) in [5.41, 5.74) is 15.1. The molecule has 0 saturated heterocycles. The normalized spacial score (nSPS) is 21.0. The number of fused-ring (bicyclic) bond motifs is 1. The van der Waals surface area contributed by atoms with Gasteiger partial charge in [0.2, 0.25) is 0 Å². The topological polar surface area (TPSA) is 107 Å². The first-order valence-electron chi connectivity index (χ1n) is 8.28. The summed E-state index contributed by atoms with van der Waals surface area (Å²) in [7, 11) is 0. The quantitative estimate of drug-likeness (QED) is 0.683. The third kappa shape index (κ3) is 2.67. The van der Waals surface area contributed by atoms with Crippen molar-refractivity contribution in [1.29, 1.82) is 0 Å². The molecule has 1 fully saturated rings. The average molecular weight is 323 g/mol. The second-order valence-corrected chi connectivity index (χ2v) is 6.32. The van der Waals surface area contributed by atoms with E-state index in [1.165, 1.54) is 0 Å². The van der Waals surface area contributed by atoms with E-state index in [0.717, 1.165) is 48.4 Å². The summed E-state index contributed by atoms with van der Waals surface area (Å²) in [5, 5.41) is 7.88. The smallest absolute Gasteiger partial charge is 0.177 e. The van der Waals surface area contributed by atoms with Gasteiger partial charge in [0, 0.05) is 30.2 Å². The van der Waals surface area contributed by atoms with Gasteiger partial charge in [-0.15, -0.1) is 5.10 Å². The molecule has 0 aliphatic heterocycles. The van der Waals surface area contributed by atoms with E-state index in [2.05, 4.69) is 20.4 Å². The van der Waals surface area contributed by atoms with E-state index >= 15 is 0 Å². The lowest BCUT2D eigenvalue weighted by molar-refractivity contribution is 0.396. The third-order valence-electron chi connectivity index (χ3n) is 4.70. The monoisotopic (exact) mass is 323 g/mol. The fourth-order valence-electron chi connectivity index (χ4n) is 3.48. The van der Waals surface area contributed by atoms with E-state index in [9.17, 15) is 0 Å². The Hall–Kier alpha value is -2.67. The molecular formula is C17H21N7. The molecule has 4 rings (SSSR count). The molecular weight excluding hydrogens is 302 g/mol. The average Bonchev–Trinajstić information content (AvgIpc) is 3.05. The number of nitrogens with one attached hydrogen (secondary N) is 1. The second kappa shape index (κ2) is 6.09. The van der Waals surface area contributed by atoms with Crippen molar-refractivity contribution >= 4 is 23.0 Å². The predicted molar refractivity (Wildman–Crippen MR) is 94.1 cm³/mol. The maximum absolute atomic E-state index is 6.31. The van der Waals surface area contributed by atoms with Crippen LogP contribution in [-0.4, -0.2) is 25.6 Å². The minimum absolute atomic E-state index is 0.290. The minimum Gasteiger partial charge on any atom is -0.382 e. The zero-order chi connectivity index (χ0) is 16.5. The van der Waals surface area contributed by atoms with Crippen LogP contribution in [-0.2, 0) is 0 Å². The molecule has 0 radical (unpaired) electrons. The Morgan fingerprint density at radius 3 is 2.67 bits per heavy atom. The molecule has 1 saturated carbocycles. The highest BCUT2D eigenvalue weighted by Gasteiger charge is 2.27. The van der Waals surface area contributed by atoms with Gasteiger partial charge in [0.1, 0.15) is 11.6 Å². The van der Waals surface area contributed by atoms with Crippen LogP contribution in [0.4, 0.5) is 17.3 Å². The largest absolute Gasteiger partial charge is 0.382 e. The molecule has 124 valence electrons. The van der Waals surface area contributed by atoms with Crippen molar-refractivity contribution in [2.24, 2.45) is 5.73 Å². The summed E-state index contributed by atoms with van der Waals surface area (Å²) in [6.07, 6.45) is 9.33. The summed E-state index contributed by atoms with van der Waals surface area (Å²) < 4.78 is 1.71. The van der Waals surface area contributed by atoms with Gasteiger partial charge in [-0.1, -0.05) is 6.07 Å². The van der Waals surface area contributed by atoms with Crippen molar-refractivity contribution in [2.75, 3.05) is 11.1 Å². The number of hydrogen-bond donors (Lipinski definition) is 3. The molecule has 5 N–H and O–H groups in total. The van der Waals surface area contributed by atoms with Crippen molar-refractivity contribution in [1.82, 2.24) is 19.6 Å². The maximum atomic E-state index is 6.31. The van der Waals surface area contributed by atoms with Crippen LogP contribution in [0, 0.1) is 0 Å². The van der Waals surface area contributed by atoms with Crippen molar-refractivity contribution in [2.45, 2.75) is 37.6 Å². The van der Waals surface area contributed by atoms with Crippen LogP contribution in [0.5, 0.6) is 0 Å². The van der Waals surface area contributed by atoms with Crippen LogP contribution in [0.3, 0.4) is 0 Å². The van der Waals surface area contributed by atoms with Crippen LogP contribution < -0.4 is 16.8 Å². The van der Waals surface area contributed by atoms with E-state index < -0.39 is 0 Å². The van der Waals surface area contributed by atoms with E-state index in [-0.39, 0.29) is 6.04 Å². The molecule has 0 spiro atoms. The van der Waals surface area contributed by atoms with Crippen LogP contribution in [0.2, 0.25) is 0 Å². The molecule has 0 atom stereocenters. The number of rotatable bonds is 3. The first-order valence-corrected chi connectivity index (χ1v) is 8.28. The standard InChI is InChI=1S/C17H21N7/c18-12-6-4-11(5-7-12)14-15(22-13-3-1-2-8-20-13)17-21-9-10-24(17)23-16(14)19/h1-3,8-12H,4-7,18H2,(H2,19,23)(H,20,22)/t11-,12+. The van der Waals surface area contributed by atoms with Crippen LogP contribution >= 0.6 is 0 Å². The summed E-state index contributed by atoms with van der Waals surface area (Å²) in [5.74, 6) is 1.64. The third-order valence-corrected chi connectivity index (χ3v) is 4.70. The SMILES string of the molecule is Nc1nn2ccnc2c(Nc2ccccn2)c1[C@H]1CC[C@@H](N)CC1. The summed E-state index contributed by atoms with van der Waals surface area (Å²) in [6, 6.07) is 6.05. The summed E-state index contributed by atoms with van der Waals surface area (Å²) >= 11 is 0. The first kappa shape index (κ1) is 14.9. The first-order chi connectivity index (χ1) is 11.7. The van der Waals surface area contributed by atoms with Crippen molar-refractivity contribution in [3.63, 3.8) is 0 Å².